The van der Waals surface area contributed by atoms with Gasteiger partial charge in [0.25, 0.3) is 5.91 Å². The van der Waals surface area contributed by atoms with Gasteiger partial charge in [-0.2, -0.15) is 0 Å². The van der Waals surface area contributed by atoms with E-state index in [-0.39, 0.29) is 12.3 Å². The zero-order chi connectivity index (χ0) is 12.3. The summed E-state index contributed by atoms with van der Waals surface area (Å²) in [5.41, 5.74) is -0.246. The molecule has 0 spiro atoms. The quantitative estimate of drug-likeness (QED) is 0.820. The molecule has 0 aliphatic heterocycles. The molecule has 1 amide bonds. The summed E-state index contributed by atoms with van der Waals surface area (Å²) in [7, 11) is 0. The zero-order valence-corrected chi connectivity index (χ0v) is 9.35. The van der Waals surface area contributed by atoms with Crippen LogP contribution < -0.4 is 5.32 Å². The SMILES string of the molecule is O=C(O)CC1(NC(=O)c2ccccn2)CCC1. The summed E-state index contributed by atoms with van der Waals surface area (Å²) in [5, 5.41) is 11.6. The van der Waals surface area contributed by atoms with E-state index in [2.05, 4.69) is 10.3 Å². The van der Waals surface area contributed by atoms with Crippen LogP contribution in [0.3, 0.4) is 0 Å². The van der Waals surface area contributed by atoms with Crippen molar-refractivity contribution in [1.29, 1.82) is 0 Å². The zero-order valence-electron chi connectivity index (χ0n) is 9.35. The Bertz CT molecular complexity index is 427. The molecule has 5 heteroatoms. The minimum absolute atomic E-state index is 0.0222. The molecular weight excluding hydrogens is 220 g/mol. The van der Waals surface area contributed by atoms with Crippen LogP contribution in [0, 0.1) is 0 Å². The predicted octanol–water partition coefficient (Wildman–Crippen LogP) is 1.21. The Morgan fingerprint density at radius 2 is 2.18 bits per heavy atom. The molecule has 1 fully saturated rings. The standard InChI is InChI=1S/C12H14N2O3/c15-10(16)8-12(5-3-6-12)14-11(17)9-4-1-2-7-13-9/h1-2,4,7H,3,5-6,8H2,(H,14,17)(H,15,16). The minimum atomic E-state index is -0.883. The second-order valence-corrected chi connectivity index (χ2v) is 4.37. The lowest BCUT2D eigenvalue weighted by molar-refractivity contribution is -0.139. The first-order valence-electron chi connectivity index (χ1n) is 5.57. The number of hydrogen-bond acceptors (Lipinski definition) is 3. The van der Waals surface area contributed by atoms with Crippen LogP contribution in [0.5, 0.6) is 0 Å². The molecule has 1 aromatic heterocycles. The Labute approximate surface area is 98.9 Å². The van der Waals surface area contributed by atoms with Crippen LogP contribution in [0.15, 0.2) is 24.4 Å². The van der Waals surface area contributed by atoms with Crippen LogP contribution in [0.25, 0.3) is 0 Å². The predicted molar refractivity (Wildman–Crippen MR) is 60.5 cm³/mol. The Morgan fingerprint density at radius 3 is 2.65 bits per heavy atom. The number of carboxylic acids is 1. The van der Waals surface area contributed by atoms with E-state index in [9.17, 15) is 9.59 Å². The van der Waals surface area contributed by atoms with Gasteiger partial charge in [0, 0.05) is 6.20 Å². The molecule has 1 saturated carbocycles. The van der Waals surface area contributed by atoms with E-state index in [1.54, 1.807) is 24.4 Å². The second-order valence-electron chi connectivity index (χ2n) is 4.37. The number of pyridine rings is 1. The van der Waals surface area contributed by atoms with Gasteiger partial charge in [-0.05, 0) is 31.4 Å². The first-order chi connectivity index (χ1) is 8.11. The van der Waals surface area contributed by atoms with E-state index in [0.29, 0.717) is 5.69 Å². The summed E-state index contributed by atoms with van der Waals surface area (Å²) in [6.07, 6.45) is 3.91. The van der Waals surface area contributed by atoms with Crippen LogP contribution in [0.4, 0.5) is 0 Å². The number of carbonyl (C=O) groups excluding carboxylic acids is 1. The fraction of sp³-hybridized carbons (Fsp3) is 0.417. The van der Waals surface area contributed by atoms with Gasteiger partial charge in [-0.1, -0.05) is 6.07 Å². The maximum Gasteiger partial charge on any atom is 0.305 e. The first kappa shape index (κ1) is 11.6. The lowest BCUT2D eigenvalue weighted by Gasteiger charge is -2.41. The summed E-state index contributed by atoms with van der Waals surface area (Å²) in [6, 6.07) is 5.07. The molecule has 5 nitrogen and oxygen atoms in total. The molecule has 2 rings (SSSR count). The van der Waals surface area contributed by atoms with Gasteiger partial charge in [-0.25, -0.2) is 0 Å². The van der Waals surface area contributed by atoms with E-state index in [0.717, 1.165) is 19.3 Å². The topological polar surface area (TPSA) is 79.3 Å². The Balaban J connectivity index is 2.05. The Hall–Kier alpha value is -1.91. The largest absolute Gasteiger partial charge is 0.481 e. The van der Waals surface area contributed by atoms with Gasteiger partial charge in [0.05, 0.1) is 12.0 Å². The number of carboxylic acid groups (broad SMARTS) is 1. The maximum atomic E-state index is 11.9. The highest BCUT2D eigenvalue weighted by Gasteiger charge is 2.40. The van der Waals surface area contributed by atoms with Gasteiger partial charge in [-0.15, -0.1) is 0 Å². The van der Waals surface area contributed by atoms with Crippen molar-refractivity contribution in [3.8, 4) is 0 Å². The summed E-state index contributed by atoms with van der Waals surface area (Å²) < 4.78 is 0. The highest BCUT2D eigenvalue weighted by Crippen LogP contribution is 2.35. The molecular formula is C12H14N2O3. The molecule has 1 heterocycles. The van der Waals surface area contributed by atoms with Crippen molar-refractivity contribution >= 4 is 11.9 Å². The number of aromatic nitrogens is 1. The van der Waals surface area contributed by atoms with Gasteiger partial charge in [0.2, 0.25) is 0 Å². The van der Waals surface area contributed by atoms with Gasteiger partial charge in [0.15, 0.2) is 0 Å². The molecule has 0 atom stereocenters. The molecule has 17 heavy (non-hydrogen) atoms. The molecule has 90 valence electrons. The van der Waals surface area contributed by atoms with Gasteiger partial charge < -0.3 is 10.4 Å². The minimum Gasteiger partial charge on any atom is -0.481 e. The molecule has 0 saturated heterocycles. The molecule has 0 unspecified atom stereocenters. The van der Waals surface area contributed by atoms with E-state index >= 15 is 0 Å². The number of hydrogen-bond donors (Lipinski definition) is 2. The van der Waals surface area contributed by atoms with E-state index in [1.807, 2.05) is 0 Å². The van der Waals surface area contributed by atoms with Crippen molar-refractivity contribution < 1.29 is 14.7 Å². The van der Waals surface area contributed by atoms with Crippen LogP contribution in [-0.4, -0.2) is 27.5 Å². The Morgan fingerprint density at radius 1 is 1.41 bits per heavy atom. The molecule has 0 radical (unpaired) electrons. The lowest BCUT2D eigenvalue weighted by Crippen LogP contribution is -2.54. The monoisotopic (exact) mass is 234 g/mol. The first-order valence-corrected chi connectivity index (χ1v) is 5.57. The summed E-state index contributed by atoms with van der Waals surface area (Å²) >= 11 is 0. The molecule has 1 aliphatic rings. The Kier molecular flexibility index (Phi) is 3.08. The van der Waals surface area contributed by atoms with E-state index < -0.39 is 11.5 Å². The molecule has 1 aliphatic carbocycles. The van der Waals surface area contributed by atoms with Gasteiger partial charge in [0.1, 0.15) is 5.69 Å². The molecule has 0 bridgehead atoms. The molecule has 2 N–H and O–H groups in total. The van der Waals surface area contributed by atoms with Crippen molar-refractivity contribution in [2.45, 2.75) is 31.2 Å². The fourth-order valence-corrected chi connectivity index (χ4v) is 2.04. The fourth-order valence-electron chi connectivity index (χ4n) is 2.04. The second kappa shape index (κ2) is 4.53. The highest BCUT2D eigenvalue weighted by molar-refractivity contribution is 5.93. The number of nitrogens with one attached hydrogen (secondary N) is 1. The molecule has 0 aromatic carbocycles. The number of rotatable bonds is 4. The van der Waals surface area contributed by atoms with Crippen molar-refractivity contribution in [3.63, 3.8) is 0 Å². The average Bonchev–Trinajstić information content (AvgIpc) is 2.26. The summed E-state index contributed by atoms with van der Waals surface area (Å²) in [5.74, 6) is -1.18. The van der Waals surface area contributed by atoms with Crippen molar-refractivity contribution in [2.75, 3.05) is 0 Å². The van der Waals surface area contributed by atoms with Crippen LogP contribution >= 0.6 is 0 Å². The molecule has 1 aromatic rings. The highest BCUT2D eigenvalue weighted by atomic mass is 16.4. The van der Waals surface area contributed by atoms with E-state index in [1.165, 1.54) is 0 Å². The van der Waals surface area contributed by atoms with Crippen molar-refractivity contribution in [3.05, 3.63) is 30.1 Å². The number of nitrogens with zero attached hydrogens (tertiary/aromatic N) is 1. The van der Waals surface area contributed by atoms with Gasteiger partial charge in [-0.3, -0.25) is 14.6 Å². The van der Waals surface area contributed by atoms with Gasteiger partial charge >= 0.3 is 5.97 Å². The smallest absolute Gasteiger partial charge is 0.305 e. The maximum absolute atomic E-state index is 11.9. The number of amides is 1. The lowest BCUT2D eigenvalue weighted by atomic mass is 9.74. The van der Waals surface area contributed by atoms with Crippen molar-refractivity contribution in [2.24, 2.45) is 0 Å². The summed E-state index contributed by atoms with van der Waals surface area (Å²) in [4.78, 5) is 26.6. The van der Waals surface area contributed by atoms with Crippen LogP contribution in [0.2, 0.25) is 0 Å². The number of carbonyl (C=O) groups is 2. The van der Waals surface area contributed by atoms with Crippen LogP contribution in [0.1, 0.15) is 36.2 Å². The third-order valence-electron chi connectivity index (χ3n) is 3.08. The average molecular weight is 234 g/mol. The number of aliphatic carboxylic acids is 1. The van der Waals surface area contributed by atoms with Crippen molar-refractivity contribution in [1.82, 2.24) is 10.3 Å². The third kappa shape index (κ3) is 2.61. The third-order valence-corrected chi connectivity index (χ3v) is 3.08. The van der Waals surface area contributed by atoms with Crippen LogP contribution in [-0.2, 0) is 4.79 Å². The van der Waals surface area contributed by atoms with E-state index in [4.69, 9.17) is 5.11 Å². The summed E-state index contributed by atoms with van der Waals surface area (Å²) in [6.45, 7) is 0. The normalized spacial score (nSPS) is 16.9.